The molecule has 1 unspecified atom stereocenters. The largest absolute Gasteiger partial charge is 0.300 e. The van der Waals surface area contributed by atoms with Gasteiger partial charge in [-0.05, 0) is 47.9 Å². The van der Waals surface area contributed by atoms with E-state index in [1.165, 1.54) is 23.5 Å². The molecule has 6 nitrogen and oxygen atoms in total. The average Bonchev–Trinajstić information content (AvgIpc) is 3.37. The van der Waals surface area contributed by atoms with Crippen LogP contribution in [0.25, 0.3) is 16.6 Å². The second-order valence-corrected chi connectivity index (χ2v) is 9.33. The van der Waals surface area contributed by atoms with E-state index in [2.05, 4.69) is 46.6 Å². The van der Waals surface area contributed by atoms with Gasteiger partial charge in [-0.2, -0.15) is 5.10 Å². The summed E-state index contributed by atoms with van der Waals surface area (Å²) in [6.45, 7) is 8.16. The number of hydrogen-bond acceptors (Lipinski definition) is 5. The van der Waals surface area contributed by atoms with Crippen LogP contribution in [0.4, 0.5) is 9.52 Å². The average molecular weight is 438 g/mol. The van der Waals surface area contributed by atoms with E-state index in [9.17, 15) is 9.18 Å². The summed E-state index contributed by atoms with van der Waals surface area (Å²) in [6, 6.07) is 12.4. The lowest BCUT2D eigenvalue weighted by Gasteiger charge is -2.36. The van der Waals surface area contributed by atoms with Crippen molar-refractivity contribution in [3.05, 3.63) is 65.6 Å². The molecule has 1 amide bonds. The van der Waals surface area contributed by atoms with E-state index in [1.807, 2.05) is 19.9 Å². The van der Waals surface area contributed by atoms with Gasteiger partial charge in [0.1, 0.15) is 11.3 Å². The van der Waals surface area contributed by atoms with Gasteiger partial charge >= 0.3 is 0 Å². The number of hydrogen-bond donors (Lipinski definition) is 1. The number of nitrogens with one attached hydrogen (secondary N) is 1. The lowest BCUT2D eigenvalue weighted by molar-refractivity contribution is -0.125. The van der Waals surface area contributed by atoms with Gasteiger partial charge in [0.25, 0.3) is 0 Å². The number of amides is 1. The zero-order valence-corrected chi connectivity index (χ0v) is 18.7. The third-order valence-electron chi connectivity index (χ3n) is 5.63. The predicted molar refractivity (Wildman–Crippen MR) is 121 cm³/mol. The molecule has 0 spiro atoms. The highest BCUT2D eigenvalue weighted by Gasteiger charge is 2.40. The van der Waals surface area contributed by atoms with Crippen LogP contribution >= 0.6 is 11.3 Å². The number of halogens is 1. The maximum absolute atomic E-state index is 13.3. The van der Waals surface area contributed by atoms with E-state index >= 15 is 0 Å². The Morgan fingerprint density at radius 3 is 2.55 bits per heavy atom. The van der Waals surface area contributed by atoms with Crippen LogP contribution < -0.4 is 5.32 Å². The van der Waals surface area contributed by atoms with Crippen molar-refractivity contribution in [1.29, 1.82) is 0 Å². The first-order chi connectivity index (χ1) is 14.8. The van der Waals surface area contributed by atoms with Gasteiger partial charge in [0, 0.05) is 11.3 Å². The molecular formula is C23H24FN5OS. The minimum atomic E-state index is -0.680. The van der Waals surface area contributed by atoms with Crippen LogP contribution in [-0.4, -0.2) is 25.9 Å². The van der Waals surface area contributed by atoms with Gasteiger partial charge in [0.05, 0.1) is 22.8 Å². The van der Waals surface area contributed by atoms with E-state index in [0.29, 0.717) is 5.13 Å². The van der Waals surface area contributed by atoms with Gasteiger partial charge in [-0.1, -0.05) is 45.1 Å². The molecule has 2 aromatic heterocycles. The quantitative estimate of drug-likeness (QED) is 0.437. The Hall–Kier alpha value is -3.13. The number of anilines is 1. The van der Waals surface area contributed by atoms with E-state index in [0.717, 1.165) is 22.2 Å². The summed E-state index contributed by atoms with van der Waals surface area (Å²) < 4.78 is 15.1. The highest BCUT2D eigenvalue weighted by Crippen LogP contribution is 2.42. The van der Waals surface area contributed by atoms with Gasteiger partial charge in [-0.3, -0.25) is 4.79 Å². The maximum atomic E-state index is 13.3. The van der Waals surface area contributed by atoms with Crippen LogP contribution in [0.5, 0.6) is 0 Å². The molecule has 0 saturated heterocycles. The second-order valence-electron chi connectivity index (χ2n) is 8.49. The molecule has 2 heterocycles. The van der Waals surface area contributed by atoms with Gasteiger partial charge < -0.3 is 5.32 Å². The standard InChI is InChI=1S/C23H24FN5OS/c1-14(2)20(23(3,4)21(30)27-22-28-25-13-31-22)15-5-10-19-16(11-15)12-26-29(19)18-8-6-17(24)7-9-18/h5-14,20H,1-4H3,(H,27,28,30). The molecule has 0 aliphatic carbocycles. The zero-order valence-electron chi connectivity index (χ0n) is 17.8. The van der Waals surface area contributed by atoms with Gasteiger partial charge in [-0.25, -0.2) is 9.07 Å². The number of carbonyl (C=O) groups excluding carboxylic acids is 1. The van der Waals surface area contributed by atoms with Crippen molar-refractivity contribution in [2.45, 2.75) is 33.6 Å². The lowest BCUT2D eigenvalue weighted by Crippen LogP contribution is -2.38. The molecule has 1 atom stereocenters. The molecule has 2 aromatic carbocycles. The Labute approximate surface area is 184 Å². The lowest BCUT2D eigenvalue weighted by atomic mass is 9.68. The number of carbonyl (C=O) groups is 1. The minimum absolute atomic E-state index is 0.0287. The first kappa shape index (κ1) is 21.1. The molecule has 4 rings (SSSR count). The summed E-state index contributed by atoms with van der Waals surface area (Å²) in [6.07, 6.45) is 1.80. The number of aromatic nitrogens is 4. The van der Waals surface area contributed by atoms with Crippen LogP contribution in [0.3, 0.4) is 0 Å². The molecule has 0 aliphatic heterocycles. The topological polar surface area (TPSA) is 72.7 Å². The molecule has 1 N–H and O–H groups in total. The summed E-state index contributed by atoms with van der Waals surface area (Å²) in [5.41, 5.74) is 3.70. The highest BCUT2D eigenvalue weighted by molar-refractivity contribution is 7.13. The molecule has 4 aromatic rings. The van der Waals surface area contributed by atoms with E-state index in [4.69, 9.17) is 0 Å². The number of benzene rings is 2. The summed E-state index contributed by atoms with van der Waals surface area (Å²) in [5.74, 6) is -0.180. The Kier molecular flexibility index (Phi) is 5.58. The van der Waals surface area contributed by atoms with Gasteiger partial charge in [0.2, 0.25) is 11.0 Å². The SMILES string of the molecule is CC(C)C(c1ccc2c(cnn2-c2ccc(F)cc2)c1)C(C)(C)C(=O)Nc1nncs1. The zero-order chi connectivity index (χ0) is 22.2. The molecule has 0 radical (unpaired) electrons. The Balaban J connectivity index is 1.69. The first-order valence-corrected chi connectivity index (χ1v) is 11.0. The fourth-order valence-electron chi connectivity index (χ4n) is 4.29. The minimum Gasteiger partial charge on any atom is -0.300 e. The monoisotopic (exact) mass is 437 g/mol. The second kappa shape index (κ2) is 8.19. The van der Waals surface area contributed by atoms with Crippen molar-refractivity contribution >= 4 is 33.3 Å². The first-order valence-electron chi connectivity index (χ1n) is 10.1. The van der Waals surface area contributed by atoms with Crippen molar-refractivity contribution in [2.75, 3.05) is 5.32 Å². The maximum Gasteiger partial charge on any atom is 0.232 e. The molecule has 0 saturated carbocycles. The summed E-state index contributed by atoms with van der Waals surface area (Å²) >= 11 is 1.30. The molecule has 0 fully saturated rings. The molecule has 0 bridgehead atoms. The summed E-state index contributed by atoms with van der Waals surface area (Å²) in [7, 11) is 0. The number of rotatable bonds is 6. The third-order valence-corrected chi connectivity index (χ3v) is 6.24. The van der Waals surface area contributed by atoms with Crippen molar-refractivity contribution < 1.29 is 9.18 Å². The van der Waals surface area contributed by atoms with Gasteiger partial charge in [-0.15, -0.1) is 10.2 Å². The Bertz CT molecular complexity index is 1200. The van der Waals surface area contributed by atoms with Crippen LogP contribution in [0.1, 0.15) is 39.2 Å². The Morgan fingerprint density at radius 2 is 1.90 bits per heavy atom. The van der Waals surface area contributed by atoms with Crippen LogP contribution in [0.15, 0.2) is 54.2 Å². The van der Waals surface area contributed by atoms with Crippen LogP contribution in [0.2, 0.25) is 0 Å². The fraction of sp³-hybridized carbons (Fsp3) is 0.304. The summed E-state index contributed by atoms with van der Waals surface area (Å²) in [4.78, 5) is 13.1. The predicted octanol–water partition coefficient (Wildman–Crippen LogP) is 5.42. The third kappa shape index (κ3) is 4.07. The van der Waals surface area contributed by atoms with Crippen molar-refractivity contribution in [2.24, 2.45) is 11.3 Å². The van der Waals surface area contributed by atoms with Crippen molar-refractivity contribution in [1.82, 2.24) is 20.0 Å². The summed E-state index contributed by atoms with van der Waals surface area (Å²) in [5, 5.41) is 16.6. The highest BCUT2D eigenvalue weighted by atomic mass is 32.1. The molecule has 0 aliphatic rings. The molecule has 31 heavy (non-hydrogen) atoms. The normalized spacial score (nSPS) is 13.0. The van der Waals surface area contributed by atoms with Crippen molar-refractivity contribution in [3.63, 3.8) is 0 Å². The van der Waals surface area contributed by atoms with Gasteiger partial charge in [0.15, 0.2) is 0 Å². The van der Waals surface area contributed by atoms with E-state index < -0.39 is 5.41 Å². The van der Waals surface area contributed by atoms with E-state index in [1.54, 1.807) is 28.5 Å². The van der Waals surface area contributed by atoms with Crippen LogP contribution in [0, 0.1) is 17.2 Å². The fourth-order valence-corrected chi connectivity index (χ4v) is 4.73. The molecule has 8 heteroatoms. The number of nitrogens with zero attached hydrogens (tertiary/aromatic N) is 4. The molecule has 160 valence electrons. The van der Waals surface area contributed by atoms with Crippen LogP contribution in [-0.2, 0) is 4.79 Å². The molecular weight excluding hydrogens is 413 g/mol. The Morgan fingerprint density at radius 1 is 1.16 bits per heavy atom. The van der Waals surface area contributed by atoms with Crippen molar-refractivity contribution in [3.8, 4) is 5.69 Å². The number of fused-ring (bicyclic) bond motifs is 1. The smallest absolute Gasteiger partial charge is 0.232 e. The van der Waals surface area contributed by atoms with E-state index in [-0.39, 0.29) is 23.6 Å².